The van der Waals surface area contributed by atoms with Gasteiger partial charge in [0.25, 0.3) is 0 Å². The summed E-state index contributed by atoms with van der Waals surface area (Å²) in [4.78, 5) is 11.3. The maximum absolute atomic E-state index is 5.49. The number of fused-ring (bicyclic) bond motifs is 1. The van der Waals surface area contributed by atoms with Crippen LogP contribution in [0, 0.1) is 12.8 Å². The van der Waals surface area contributed by atoms with E-state index in [-0.39, 0.29) is 0 Å². The van der Waals surface area contributed by atoms with E-state index < -0.39 is 0 Å². The lowest BCUT2D eigenvalue weighted by molar-refractivity contribution is 0.394. The molecular weight excluding hydrogens is 288 g/mol. The van der Waals surface area contributed by atoms with Crippen LogP contribution in [0.5, 0.6) is 0 Å². The number of hydrogen-bond donors (Lipinski definition) is 2. The van der Waals surface area contributed by atoms with Crippen LogP contribution in [-0.4, -0.2) is 15.2 Å². The molecule has 2 aromatic rings. The number of anilines is 1. The lowest BCUT2D eigenvalue weighted by Gasteiger charge is -2.26. The van der Waals surface area contributed by atoms with Gasteiger partial charge in [0.2, 0.25) is 5.95 Å². The summed E-state index contributed by atoms with van der Waals surface area (Å²) >= 11 is 3.60. The molecule has 0 spiro atoms. The summed E-state index contributed by atoms with van der Waals surface area (Å²) in [5.41, 5.74) is 2.59. The molecule has 6 heteroatoms. The number of nitrogen functional groups attached to an aromatic ring is 1. The monoisotopic (exact) mass is 308 g/mol. The maximum atomic E-state index is 5.49. The Morgan fingerprint density at radius 2 is 2.25 bits per heavy atom. The second-order valence-electron chi connectivity index (χ2n) is 5.58. The lowest BCUT2D eigenvalue weighted by Crippen LogP contribution is -2.16. The molecule has 0 saturated heterocycles. The molecule has 4 nitrogen and oxygen atoms in total. The van der Waals surface area contributed by atoms with Crippen LogP contribution in [0.15, 0.2) is 11.1 Å². The van der Waals surface area contributed by atoms with Gasteiger partial charge in [-0.3, -0.25) is 5.43 Å². The molecule has 0 aromatic carbocycles. The van der Waals surface area contributed by atoms with Gasteiger partial charge in [-0.15, -0.1) is 23.1 Å². The number of thiophene rings is 1. The second kappa shape index (κ2) is 5.87. The largest absolute Gasteiger partial charge is 0.292 e. The Hall–Kier alpha value is -0.850. The summed E-state index contributed by atoms with van der Waals surface area (Å²) in [5, 5.41) is 2.92. The third-order valence-electron chi connectivity index (χ3n) is 3.78. The smallest absolute Gasteiger partial charge is 0.239 e. The van der Waals surface area contributed by atoms with Gasteiger partial charge in [0.05, 0.1) is 0 Å². The Balaban J connectivity index is 1.92. The number of thioether (sulfide) groups is 1. The Bertz CT molecular complexity index is 610. The molecule has 0 aliphatic heterocycles. The number of nitrogens with two attached hydrogens (primary N) is 1. The van der Waals surface area contributed by atoms with Crippen molar-refractivity contribution in [2.45, 2.75) is 49.8 Å². The molecule has 0 bridgehead atoms. The molecule has 3 N–H and O–H groups in total. The number of hydrazine groups is 1. The molecule has 1 aliphatic carbocycles. The number of hydrogen-bond acceptors (Lipinski definition) is 6. The Labute approximate surface area is 127 Å². The first-order valence-corrected chi connectivity index (χ1v) is 8.77. The molecule has 1 saturated carbocycles. The van der Waals surface area contributed by atoms with Gasteiger partial charge in [-0.05, 0) is 31.7 Å². The predicted molar refractivity (Wildman–Crippen MR) is 87.2 cm³/mol. The van der Waals surface area contributed by atoms with Gasteiger partial charge in [0, 0.05) is 15.5 Å². The summed E-state index contributed by atoms with van der Waals surface area (Å²) in [5.74, 6) is 6.84. The van der Waals surface area contributed by atoms with Crippen molar-refractivity contribution in [3.05, 3.63) is 10.9 Å². The van der Waals surface area contributed by atoms with E-state index in [1.165, 1.54) is 35.9 Å². The van der Waals surface area contributed by atoms with E-state index in [1.807, 2.05) is 11.8 Å². The minimum Gasteiger partial charge on any atom is -0.292 e. The minimum absolute atomic E-state index is 0.519. The second-order valence-corrected chi connectivity index (χ2v) is 8.11. The normalized spacial score (nSPS) is 23.1. The highest BCUT2D eigenvalue weighted by Gasteiger charge is 2.22. The van der Waals surface area contributed by atoms with Crippen LogP contribution in [0.3, 0.4) is 0 Å². The first kappa shape index (κ1) is 14.1. The Kier molecular flexibility index (Phi) is 4.14. The highest BCUT2D eigenvalue weighted by molar-refractivity contribution is 8.00. The van der Waals surface area contributed by atoms with Gasteiger partial charge >= 0.3 is 0 Å². The van der Waals surface area contributed by atoms with Crippen LogP contribution < -0.4 is 11.3 Å². The highest BCUT2D eigenvalue weighted by Crippen LogP contribution is 2.39. The Morgan fingerprint density at radius 3 is 3.00 bits per heavy atom. The maximum Gasteiger partial charge on any atom is 0.239 e. The predicted octanol–water partition coefficient (Wildman–Crippen LogP) is 3.96. The van der Waals surface area contributed by atoms with Crippen LogP contribution in [-0.2, 0) is 0 Å². The van der Waals surface area contributed by atoms with Gasteiger partial charge in [0.1, 0.15) is 9.86 Å². The van der Waals surface area contributed by atoms with Crippen LogP contribution in [0.4, 0.5) is 5.95 Å². The molecule has 2 unspecified atom stereocenters. The van der Waals surface area contributed by atoms with Gasteiger partial charge in [0.15, 0.2) is 0 Å². The Morgan fingerprint density at radius 1 is 1.40 bits per heavy atom. The average molecular weight is 308 g/mol. The van der Waals surface area contributed by atoms with Crippen molar-refractivity contribution >= 4 is 39.3 Å². The van der Waals surface area contributed by atoms with Gasteiger partial charge in [-0.1, -0.05) is 19.8 Å². The van der Waals surface area contributed by atoms with Crippen molar-refractivity contribution in [3.63, 3.8) is 0 Å². The molecular formula is C14H20N4S2. The summed E-state index contributed by atoms with van der Waals surface area (Å²) in [6.45, 7) is 4.46. The molecule has 2 aromatic heterocycles. The molecule has 0 amide bonds. The zero-order valence-electron chi connectivity index (χ0n) is 11.8. The van der Waals surface area contributed by atoms with Gasteiger partial charge in [-0.2, -0.15) is 0 Å². The molecule has 1 aliphatic rings. The topological polar surface area (TPSA) is 63.8 Å². The van der Waals surface area contributed by atoms with Crippen molar-refractivity contribution in [3.8, 4) is 0 Å². The van der Waals surface area contributed by atoms with Crippen molar-refractivity contribution in [1.82, 2.24) is 9.97 Å². The molecule has 2 heterocycles. The standard InChI is InChI=1S/C14H20N4S2/c1-8-4-3-5-10(6-8)20-13-11-7-9(2)19-12(11)16-14(17-13)18-15/h7-8,10H,3-6,15H2,1-2H3,(H,16,17,18). The third-order valence-corrected chi connectivity index (χ3v) is 6.02. The first-order chi connectivity index (χ1) is 9.65. The average Bonchev–Trinajstić information content (AvgIpc) is 2.79. The van der Waals surface area contributed by atoms with Gasteiger partial charge in [-0.25, -0.2) is 15.8 Å². The summed E-state index contributed by atoms with van der Waals surface area (Å²) in [6.07, 6.45) is 5.26. The molecule has 0 radical (unpaired) electrons. The number of nitrogens with zero attached hydrogens (tertiary/aromatic N) is 2. The fraction of sp³-hybridized carbons (Fsp3) is 0.571. The quantitative estimate of drug-likeness (QED) is 0.510. The zero-order chi connectivity index (χ0) is 14.1. The molecule has 3 rings (SSSR count). The van der Waals surface area contributed by atoms with Gasteiger partial charge < -0.3 is 0 Å². The number of nitrogens with one attached hydrogen (secondary N) is 1. The molecule has 108 valence electrons. The minimum atomic E-state index is 0.519. The number of aryl methyl sites for hydroxylation is 1. The summed E-state index contributed by atoms with van der Waals surface area (Å²) in [6, 6.07) is 2.19. The SMILES string of the molecule is Cc1cc2c(SC3CCCC(C)C3)nc(NN)nc2s1. The van der Waals surface area contributed by atoms with E-state index >= 15 is 0 Å². The van der Waals surface area contributed by atoms with E-state index in [1.54, 1.807) is 11.3 Å². The van der Waals surface area contributed by atoms with E-state index in [4.69, 9.17) is 5.84 Å². The summed E-state index contributed by atoms with van der Waals surface area (Å²) < 4.78 is 0. The fourth-order valence-corrected chi connectivity index (χ4v) is 5.20. The number of aromatic nitrogens is 2. The number of rotatable bonds is 3. The van der Waals surface area contributed by atoms with Crippen LogP contribution in [0.1, 0.15) is 37.5 Å². The molecule has 20 heavy (non-hydrogen) atoms. The molecule has 2 atom stereocenters. The van der Waals surface area contributed by atoms with Crippen molar-refractivity contribution in [1.29, 1.82) is 0 Å². The molecule has 1 fully saturated rings. The van der Waals surface area contributed by atoms with E-state index in [0.29, 0.717) is 11.2 Å². The van der Waals surface area contributed by atoms with E-state index in [9.17, 15) is 0 Å². The van der Waals surface area contributed by atoms with Crippen molar-refractivity contribution in [2.24, 2.45) is 11.8 Å². The zero-order valence-corrected chi connectivity index (χ0v) is 13.5. The first-order valence-electron chi connectivity index (χ1n) is 7.07. The third kappa shape index (κ3) is 2.92. The lowest BCUT2D eigenvalue weighted by atomic mass is 9.91. The fourth-order valence-electron chi connectivity index (χ4n) is 2.81. The highest BCUT2D eigenvalue weighted by atomic mass is 32.2. The van der Waals surface area contributed by atoms with Crippen LogP contribution in [0.2, 0.25) is 0 Å². The van der Waals surface area contributed by atoms with Crippen LogP contribution in [0.25, 0.3) is 10.2 Å². The van der Waals surface area contributed by atoms with E-state index in [0.717, 1.165) is 15.8 Å². The van der Waals surface area contributed by atoms with Crippen molar-refractivity contribution < 1.29 is 0 Å². The van der Waals surface area contributed by atoms with E-state index in [2.05, 4.69) is 35.3 Å². The van der Waals surface area contributed by atoms with Crippen LogP contribution >= 0.6 is 23.1 Å². The summed E-state index contributed by atoms with van der Waals surface area (Å²) in [7, 11) is 0. The van der Waals surface area contributed by atoms with Crippen molar-refractivity contribution in [2.75, 3.05) is 5.43 Å².